The second kappa shape index (κ2) is 6.79. The van der Waals surface area contributed by atoms with Gasteiger partial charge in [0.1, 0.15) is 0 Å². The monoisotopic (exact) mass is 249 g/mol. The van der Waals surface area contributed by atoms with Crippen molar-refractivity contribution in [3.63, 3.8) is 0 Å². The molecule has 0 amide bonds. The second-order valence-corrected chi connectivity index (χ2v) is 5.97. The maximum atomic E-state index is 9.17. The first kappa shape index (κ1) is 15.0. The van der Waals surface area contributed by atoms with E-state index in [4.69, 9.17) is 5.11 Å². The molecule has 0 aliphatic rings. The molecule has 0 aliphatic carbocycles. The molecule has 0 saturated heterocycles. The minimum atomic E-state index is 0.121. The smallest absolute Gasteiger partial charge is 0.0681 e. The van der Waals surface area contributed by atoms with E-state index in [0.29, 0.717) is 11.8 Å². The quantitative estimate of drug-likeness (QED) is 0.832. The van der Waals surface area contributed by atoms with Gasteiger partial charge in [-0.2, -0.15) is 0 Å². The zero-order chi connectivity index (χ0) is 13.7. The molecule has 1 N–H and O–H groups in total. The molecule has 2 nitrogen and oxygen atoms in total. The summed E-state index contributed by atoms with van der Waals surface area (Å²) < 4.78 is 0. The summed E-state index contributed by atoms with van der Waals surface area (Å²) in [5, 5.41) is 9.17. The Bertz CT molecular complexity index is 361. The Morgan fingerprint density at radius 3 is 2.00 bits per heavy atom. The summed E-state index contributed by atoms with van der Waals surface area (Å²) in [7, 11) is 0. The van der Waals surface area contributed by atoms with Gasteiger partial charge >= 0.3 is 0 Å². The van der Waals surface area contributed by atoms with Crippen LogP contribution < -0.4 is 4.90 Å². The van der Waals surface area contributed by atoms with Crippen molar-refractivity contribution in [1.29, 1.82) is 0 Å². The van der Waals surface area contributed by atoms with Gasteiger partial charge in [-0.1, -0.05) is 39.8 Å². The fraction of sp³-hybridized carbons (Fsp3) is 0.625. The van der Waals surface area contributed by atoms with Gasteiger partial charge in [0.2, 0.25) is 0 Å². The van der Waals surface area contributed by atoms with Crippen molar-refractivity contribution >= 4 is 5.69 Å². The van der Waals surface area contributed by atoms with E-state index in [1.54, 1.807) is 0 Å². The number of hydrogen-bond acceptors (Lipinski definition) is 2. The minimum Gasteiger partial charge on any atom is -0.392 e. The predicted octanol–water partition coefficient (Wildman–Crippen LogP) is 3.61. The van der Waals surface area contributed by atoms with Crippen LogP contribution in [-0.2, 0) is 6.61 Å². The normalized spacial score (nSPS) is 11.3. The number of hydrogen-bond donors (Lipinski definition) is 1. The lowest BCUT2D eigenvalue weighted by Gasteiger charge is -2.30. The third kappa shape index (κ3) is 4.34. The van der Waals surface area contributed by atoms with Crippen LogP contribution in [-0.4, -0.2) is 18.2 Å². The van der Waals surface area contributed by atoms with Crippen molar-refractivity contribution < 1.29 is 5.11 Å². The molecule has 0 fully saturated rings. The van der Waals surface area contributed by atoms with Crippen LogP contribution in [0.3, 0.4) is 0 Å². The number of anilines is 1. The van der Waals surface area contributed by atoms with Gasteiger partial charge in [-0.05, 0) is 36.0 Å². The highest BCUT2D eigenvalue weighted by Gasteiger charge is 2.12. The highest BCUT2D eigenvalue weighted by molar-refractivity contribution is 5.54. The highest BCUT2D eigenvalue weighted by atomic mass is 16.3. The van der Waals surface area contributed by atoms with Gasteiger partial charge in [0.15, 0.2) is 0 Å². The van der Waals surface area contributed by atoms with E-state index in [0.717, 1.165) is 18.7 Å². The molecule has 2 heteroatoms. The van der Waals surface area contributed by atoms with Crippen LogP contribution in [0, 0.1) is 18.8 Å². The molecule has 0 aromatic heterocycles. The molecule has 0 aliphatic heterocycles. The van der Waals surface area contributed by atoms with Gasteiger partial charge in [0.25, 0.3) is 0 Å². The Morgan fingerprint density at radius 2 is 1.61 bits per heavy atom. The van der Waals surface area contributed by atoms with E-state index in [1.807, 2.05) is 6.07 Å². The van der Waals surface area contributed by atoms with Gasteiger partial charge in [0.05, 0.1) is 6.61 Å². The molecule has 1 rings (SSSR count). The fourth-order valence-electron chi connectivity index (χ4n) is 2.32. The summed E-state index contributed by atoms with van der Waals surface area (Å²) in [4.78, 5) is 2.46. The summed E-state index contributed by atoms with van der Waals surface area (Å²) in [6.45, 7) is 13.4. The number of nitrogens with zero attached hydrogens (tertiary/aromatic N) is 1. The van der Waals surface area contributed by atoms with Crippen LogP contribution in [0.25, 0.3) is 0 Å². The van der Waals surface area contributed by atoms with Crippen molar-refractivity contribution in [2.45, 2.75) is 41.2 Å². The molecule has 1 aromatic carbocycles. The van der Waals surface area contributed by atoms with Gasteiger partial charge < -0.3 is 10.0 Å². The van der Waals surface area contributed by atoms with Crippen molar-refractivity contribution in [2.75, 3.05) is 18.0 Å². The van der Waals surface area contributed by atoms with Crippen LogP contribution in [0.15, 0.2) is 18.2 Å². The molecule has 0 unspecified atom stereocenters. The van der Waals surface area contributed by atoms with Gasteiger partial charge in [-0.15, -0.1) is 0 Å². The SMILES string of the molecule is Cc1cc(CO)ccc1N(CC(C)C)CC(C)C. The Balaban J connectivity index is 2.96. The average Bonchev–Trinajstić information content (AvgIpc) is 2.26. The summed E-state index contributed by atoms with van der Waals surface area (Å²) in [5.41, 5.74) is 3.54. The zero-order valence-electron chi connectivity index (χ0n) is 12.4. The maximum Gasteiger partial charge on any atom is 0.0681 e. The van der Waals surface area contributed by atoms with Crippen molar-refractivity contribution in [1.82, 2.24) is 0 Å². The number of rotatable bonds is 6. The lowest BCUT2D eigenvalue weighted by molar-refractivity contribution is 0.282. The molecule has 0 atom stereocenters. The largest absolute Gasteiger partial charge is 0.392 e. The molecule has 102 valence electrons. The summed E-state index contributed by atoms with van der Waals surface area (Å²) in [6, 6.07) is 6.25. The number of benzene rings is 1. The first-order chi connectivity index (χ1) is 8.43. The standard InChI is InChI=1S/C16H27NO/c1-12(2)9-17(10-13(3)4)16-7-6-15(11-18)8-14(16)5/h6-8,12-13,18H,9-11H2,1-5H3. The van der Waals surface area contributed by atoms with Crippen LogP contribution in [0.2, 0.25) is 0 Å². The van der Waals surface area contributed by atoms with Gasteiger partial charge in [-0.25, -0.2) is 0 Å². The Morgan fingerprint density at radius 1 is 1.06 bits per heavy atom. The molecular weight excluding hydrogens is 222 g/mol. The summed E-state index contributed by atoms with van der Waals surface area (Å²) >= 11 is 0. The lowest BCUT2D eigenvalue weighted by Crippen LogP contribution is -2.31. The minimum absolute atomic E-state index is 0.121. The third-order valence-electron chi connectivity index (χ3n) is 2.96. The number of aliphatic hydroxyl groups is 1. The van der Waals surface area contributed by atoms with Crippen LogP contribution >= 0.6 is 0 Å². The first-order valence-electron chi connectivity index (χ1n) is 6.89. The second-order valence-electron chi connectivity index (χ2n) is 5.97. The third-order valence-corrected chi connectivity index (χ3v) is 2.96. The van der Waals surface area contributed by atoms with Crippen LogP contribution in [0.4, 0.5) is 5.69 Å². The zero-order valence-corrected chi connectivity index (χ0v) is 12.4. The van der Waals surface area contributed by atoms with E-state index < -0.39 is 0 Å². The number of aliphatic hydroxyl groups excluding tert-OH is 1. The van der Waals surface area contributed by atoms with E-state index in [1.165, 1.54) is 11.3 Å². The maximum absolute atomic E-state index is 9.17. The van der Waals surface area contributed by atoms with E-state index in [2.05, 4.69) is 51.7 Å². The van der Waals surface area contributed by atoms with Crippen LogP contribution in [0.5, 0.6) is 0 Å². The van der Waals surface area contributed by atoms with Gasteiger partial charge in [-0.3, -0.25) is 0 Å². The summed E-state index contributed by atoms with van der Waals surface area (Å²) in [6.07, 6.45) is 0. The Labute approximate surface area is 112 Å². The lowest BCUT2D eigenvalue weighted by atomic mass is 10.1. The molecular formula is C16H27NO. The predicted molar refractivity (Wildman–Crippen MR) is 79.0 cm³/mol. The van der Waals surface area contributed by atoms with Crippen molar-refractivity contribution in [2.24, 2.45) is 11.8 Å². The van der Waals surface area contributed by atoms with E-state index >= 15 is 0 Å². The van der Waals surface area contributed by atoms with E-state index in [9.17, 15) is 0 Å². The summed E-state index contributed by atoms with van der Waals surface area (Å²) in [5.74, 6) is 1.31. The topological polar surface area (TPSA) is 23.5 Å². The molecule has 1 aromatic rings. The highest BCUT2D eigenvalue weighted by Crippen LogP contribution is 2.23. The molecule has 18 heavy (non-hydrogen) atoms. The molecule has 0 radical (unpaired) electrons. The molecule has 0 bridgehead atoms. The average molecular weight is 249 g/mol. The number of aryl methyl sites for hydroxylation is 1. The molecule has 0 saturated carbocycles. The Hall–Kier alpha value is -1.02. The van der Waals surface area contributed by atoms with Crippen molar-refractivity contribution in [3.8, 4) is 0 Å². The Kier molecular flexibility index (Phi) is 5.67. The first-order valence-corrected chi connectivity index (χ1v) is 6.89. The van der Waals surface area contributed by atoms with E-state index in [-0.39, 0.29) is 6.61 Å². The van der Waals surface area contributed by atoms with Crippen LogP contribution in [0.1, 0.15) is 38.8 Å². The van der Waals surface area contributed by atoms with Gasteiger partial charge in [0, 0.05) is 18.8 Å². The molecule has 0 spiro atoms. The fourth-order valence-corrected chi connectivity index (χ4v) is 2.32. The molecule has 0 heterocycles. The van der Waals surface area contributed by atoms with Crippen molar-refractivity contribution in [3.05, 3.63) is 29.3 Å².